The first-order chi connectivity index (χ1) is 9.73. The number of carbonyl (C=O) groups is 1. The molecule has 0 bridgehead atoms. The van der Waals surface area contributed by atoms with Crippen molar-refractivity contribution in [2.75, 3.05) is 6.54 Å². The van der Waals surface area contributed by atoms with Crippen LogP contribution in [0.1, 0.15) is 38.0 Å². The van der Waals surface area contributed by atoms with Crippen LogP contribution in [-0.2, 0) is 11.3 Å². The lowest BCUT2D eigenvalue weighted by molar-refractivity contribution is 0.0129. The van der Waals surface area contributed by atoms with E-state index in [1.54, 1.807) is 45.0 Å². The van der Waals surface area contributed by atoms with Crippen molar-refractivity contribution in [2.45, 2.75) is 45.2 Å². The lowest BCUT2D eigenvalue weighted by Gasteiger charge is -2.22. The Morgan fingerprint density at radius 3 is 2.57 bits per heavy atom. The molecule has 118 valence electrons. The Morgan fingerprint density at radius 2 is 2.00 bits per heavy atom. The van der Waals surface area contributed by atoms with Crippen LogP contribution in [0.4, 0.5) is 4.79 Å². The summed E-state index contributed by atoms with van der Waals surface area (Å²) in [7, 11) is 0. The minimum Gasteiger partial charge on any atom is -0.444 e. The van der Waals surface area contributed by atoms with Gasteiger partial charge in [-0.3, -0.25) is 0 Å². The number of hydrogen-bond acceptors (Lipinski definition) is 5. The molecule has 6 heteroatoms. The molecule has 1 amide bonds. The largest absolute Gasteiger partial charge is 0.444 e. The monoisotopic (exact) mass is 297 g/mol. The summed E-state index contributed by atoms with van der Waals surface area (Å²) in [4.78, 5) is 11.5. The van der Waals surface area contributed by atoms with Gasteiger partial charge in [-0.1, -0.05) is 24.3 Å². The van der Waals surface area contributed by atoms with Crippen LogP contribution in [-0.4, -0.2) is 39.7 Å². The molecule has 0 spiro atoms. The van der Waals surface area contributed by atoms with Gasteiger partial charge < -0.3 is 25.4 Å². The van der Waals surface area contributed by atoms with Crippen molar-refractivity contribution in [3.8, 4) is 0 Å². The highest BCUT2D eigenvalue weighted by molar-refractivity contribution is 5.67. The Bertz CT molecular complexity index is 469. The molecular weight excluding hydrogens is 274 g/mol. The van der Waals surface area contributed by atoms with Crippen LogP contribution in [0.5, 0.6) is 0 Å². The van der Waals surface area contributed by atoms with Crippen molar-refractivity contribution in [1.29, 1.82) is 0 Å². The summed E-state index contributed by atoms with van der Waals surface area (Å²) < 4.78 is 5.03. The van der Waals surface area contributed by atoms with E-state index in [-0.39, 0.29) is 13.2 Å². The van der Waals surface area contributed by atoms with Gasteiger partial charge in [0.25, 0.3) is 0 Å². The van der Waals surface area contributed by atoms with Gasteiger partial charge in [0.2, 0.25) is 0 Å². The van der Waals surface area contributed by atoms with Crippen LogP contribution in [0.2, 0.25) is 0 Å². The first-order valence-corrected chi connectivity index (χ1v) is 6.75. The molecule has 1 rings (SSSR count). The topological polar surface area (TPSA) is 99.0 Å². The molecule has 0 radical (unpaired) electrons. The first-order valence-electron chi connectivity index (χ1n) is 6.75. The average Bonchev–Trinajstić information content (AvgIpc) is 2.42. The van der Waals surface area contributed by atoms with Crippen LogP contribution in [0.25, 0.3) is 0 Å². The second-order valence-corrected chi connectivity index (χ2v) is 5.80. The standard InChI is InChI=1S/C15H23NO5/c1-15(2,3)21-14(20)16-8-12(18)13(19)11-6-4-5-10(7-11)9-17/h4-7,12-13,17-19H,8-9H2,1-3H3,(H,16,20). The van der Waals surface area contributed by atoms with Crippen molar-refractivity contribution >= 4 is 6.09 Å². The number of carbonyl (C=O) groups excluding carboxylic acids is 1. The fourth-order valence-electron chi connectivity index (χ4n) is 1.71. The van der Waals surface area contributed by atoms with E-state index in [0.717, 1.165) is 0 Å². The van der Waals surface area contributed by atoms with Gasteiger partial charge in [-0.05, 0) is 31.9 Å². The number of hydrogen-bond donors (Lipinski definition) is 4. The summed E-state index contributed by atoms with van der Waals surface area (Å²) >= 11 is 0. The molecule has 0 aliphatic carbocycles. The zero-order chi connectivity index (χ0) is 16.0. The normalized spacial score (nSPS) is 14.4. The minimum atomic E-state index is -1.17. The van der Waals surface area contributed by atoms with E-state index in [2.05, 4.69) is 5.32 Å². The molecule has 21 heavy (non-hydrogen) atoms. The highest BCUT2D eigenvalue weighted by atomic mass is 16.6. The molecule has 0 fully saturated rings. The smallest absolute Gasteiger partial charge is 0.407 e. The first kappa shape index (κ1) is 17.4. The predicted molar refractivity (Wildman–Crippen MR) is 77.6 cm³/mol. The molecule has 0 saturated carbocycles. The number of aliphatic hydroxyl groups excluding tert-OH is 3. The van der Waals surface area contributed by atoms with Crippen molar-refractivity contribution in [2.24, 2.45) is 0 Å². The average molecular weight is 297 g/mol. The van der Waals surface area contributed by atoms with E-state index in [0.29, 0.717) is 11.1 Å². The second-order valence-electron chi connectivity index (χ2n) is 5.80. The maximum absolute atomic E-state index is 11.5. The van der Waals surface area contributed by atoms with E-state index in [9.17, 15) is 15.0 Å². The van der Waals surface area contributed by atoms with Crippen LogP contribution >= 0.6 is 0 Å². The Hall–Kier alpha value is -1.63. The summed E-state index contributed by atoms with van der Waals surface area (Å²) in [5.41, 5.74) is 0.488. The molecule has 2 atom stereocenters. The number of alkyl carbamates (subject to hydrolysis) is 1. The van der Waals surface area contributed by atoms with Gasteiger partial charge in [-0.2, -0.15) is 0 Å². The molecule has 1 aromatic rings. The number of rotatable bonds is 5. The van der Waals surface area contributed by atoms with Gasteiger partial charge in [-0.25, -0.2) is 4.79 Å². The Labute approximate surface area is 124 Å². The number of ether oxygens (including phenoxy) is 1. The van der Waals surface area contributed by atoms with Crippen molar-refractivity contribution in [1.82, 2.24) is 5.32 Å². The minimum absolute atomic E-state index is 0.139. The zero-order valence-electron chi connectivity index (χ0n) is 12.5. The molecule has 0 aliphatic rings. The van der Waals surface area contributed by atoms with Crippen molar-refractivity contribution in [3.63, 3.8) is 0 Å². The maximum Gasteiger partial charge on any atom is 0.407 e. The summed E-state index contributed by atoms with van der Waals surface area (Å²) in [6.45, 7) is 4.92. The molecule has 6 nitrogen and oxygen atoms in total. The highest BCUT2D eigenvalue weighted by Crippen LogP contribution is 2.18. The van der Waals surface area contributed by atoms with E-state index >= 15 is 0 Å². The van der Waals surface area contributed by atoms with E-state index in [1.807, 2.05) is 0 Å². The van der Waals surface area contributed by atoms with Gasteiger partial charge >= 0.3 is 6.09 Å². The summed E-state index contributed by atoms with van der Waals surface area (Å²) in [6, 6.07) is 6.63. The van der Waals surface area contributed by atoms with Crippen molar-refractivity contribution < 1.29 is 24.9 Å². The summed E-state index contributed by atoms with van der Waals surface area (Å²) in [5, 5.41) is 31.4. The molecule has 2 unspecified atom stereocenters. The molecule has 0 aliphatic heterocycles. The quantitative estimate of drug-likeness (QED) is 0.652. The molecule has 0 heterocycles. The third-order valence-electron chi connectivity index (χ3n) is 2.69. The summed E-state index contributed by atoms with van der Waals surface area (Å²) in [5.74, 6) is 0. The molecule has 0 saturated heterocycles. The fourth-order valence-corrected chi connectivity index (χ4v) is 1.71. The summed E-state index contributed by atoms with van der Waals surface area (Å²) in [6.07, 6.45) is -2.99. The van der Waals surface area contributed by atoms with Crippen LogP contribution < -0.4 is 5.32 Å². The van der Waals surface area contributed by atoms with Crippen LogP contribution in [0.3, 0.4) is 0 Å². The molecule has 0 aromatic heterocycles. The number of nitrogens with one attached hydrogen (secondary N) is 1. The van der Waals surface area contributed by atoms with Crippen LogP contribution in [0, 0.1) is 0 Å². The lowest BCUT2D eigenvalue weighted by Crippen LogP contribution is -2.38. The van der Waals surface area contributed by atoms with Gasteiger partial charge in [0, 0.05) is 6.54 Å². The fraction of sp³-hybridized carbons (Fsp3) is 0.533. The van der Waals surface area contributed by atoms with Crippen LogP contribution in [0.15, 0.2) is 24.3 Å². The zero-order valence-corrected chi connectivity index (χ0v) is 12.5. The third kappa shape index (κ3) is 6.12. The van der Waals surface area contributed by atoms with Gasteiger partial charge in [0.1, 0.15) is 17.8 Å². The maximum atomic E-state index is 11.5. The van der Waals surface area contributed by atoms with E-state index in [4.69, 9.17) is 9.84 Å². The highest BCUT2D eigenvalue weighted by Gasteiger charge is 2.21. The Balaban J connectivity index is 2.54. The predicted octanol–water partition coefficient (Wildman–Crippen LogP) is 1.10. The molecule has 4 N–H and O–H groups in total. The molecule has 1 aromatic carbocycles. The van der Waals surface area contributed by atoms with Gasteiger partial charge in [0.15, 0.2) is 0 Å². The van der Waals surface area contributed by atoms with E-state index < -0.39 is 23.9 Å². The van der Waals surface area contributed by atoms with Gasteiger partial charge in [-0.15, -0.1) is 0 Å². The SMILES string of the molecule is CC(C)(C)OC(=O)NCC(O)C(O)c1cccc(CO)c1. The van der Waals surface area contributed by atoms with Gasteiger partial charge in [0.05, 0.1) is 6.61 Å². The second kappa shape index (κ2) is 7.40. The third-order valence-corrected chi connectivity index (χ3v) is 2.69. The Kier molecular flexibility index (Phi) is 6.14. The number of amides is 1. The number of aliphatic hydroxyl groups is 3. The lowest BCUT2D eigenvalue weighted by atomic mass is 10.0. The Morgan fingerprint density at radius 1 is 1.33 bits per heavy atom. The van der Waals surface area contributed by atoms with Crippen molar-refractivity contribution in [3.05, 3.63) is 35.4 Å². The number of benzene rings is 1. The van der Waals surface area contributed by atoms with E-state index in [1.165, 1.54) is 0 Å². The molecular formula is C15H23NO5.